The first-order valence-electron chi connectivity index (χ1n) is 17.4. The van der Waals surface area contributed by atoms with Crippen LogP contribution in [-0.2, 0) is 9.53 Å². The van der Waals surface area contributed by atoms with Gasteiger partial charge in [0.05, 0.1) is 5.69 Å². The van der Waals surface area contributed by atoms with Crippen molar-refractivity contribution in [3.05, 3.63) is 84.4 Å². The van der Waals surface area contributed by atoms with Crippen LogP contribution in [0, 0.1) is 0 Å². The molecule has 0 unspecified atom stereocenters. The number of unbranched alkanes of at least 4 members (excludes halogenated alkanes) is 2. The monoisotopic (exact) mass is 655 g/mol. The predicted molar refractivity (Wildman–Crippen MR) is 195 cm³/mol. The number of nitrogens with one attached hydrogen (secondary N) is 1. The largest absolute Gasteiger partial charge is 0.446 e. The van der Waals surface area contributed by atoms with Gasteiger partial charge in [0.1, 0.15) is 6.10 Å². The Kier molecular flexibility index (Phi) is 14.3. The molecule has 9 heteroatoms. The second-order valence-electron chi connectivity index (χ2n) is 12.8. The summed E-state index contributed by atoms with van der Waals surface area (Å²) in [7, 11) is 5.78. The Hall–Kier alpha value is -4.37. The van der Waals surface area contributed by atoms with Gasteiger partial charge < -0.3 is 24.3 Å². The molecule has 258 valence electrons. The fourth-order valence-electron chi connectivity index (χ4n) is 6.07. The summed E-state index contributed by atoms with van der Waals surface area (Å²) in [5, 5.41) is 2.94. The van der Waals surface area contributed by atoms with Gasteiger partial charge in [-0.25, -0.2) is 4.79 Å². The number of likely N-dealkylation sites (tertiary alicyclic amines) is 1. The lowest BCUT2D eigenvalue weighted by molar-refractivity contribution is -0.130. The summed E-state index contributed by atoms with van der Waals surface area (Å²) in [5.74, 6) is 0.228. The maximum Gasteiger partial charge on any atom is 0.411 e. The van der Waals surface area contributed by atoms with Gasteiger partial charge in [0.2, 0.25) is 5.91 Å². The van der Waals surface area contributed by atoms with Crippen LogP contribution in [0.1, 0.15) is 62.2 Å². The van der Waals surface area contributed by atoms with E-state index in [1.54, 1.807) is 4.90 Å². The van der Waals surface area contributed by atoms with Crippen molar-refractivity contribution < 1.29 is 19.1 Å². The molecule has 0 aliphatic carbocycles. The molecule has 1 aliphatic rings. The Balaban J connectivity index is 1.08. The summed E-state index contributed by atoms with van der Waals surface area (Å²) in [4.78, 5) is 46.3. The number of carbonyl (C=O) groups is 3. The first-order chi connectivity index (χ1) is 23.2. The van der Waals surface area contributed by atoms with Crippen molar-refractivity contribution in [1.82, 2.24) is 14.7 Å². The van der Waals surface area contributed by atoms with Gasteiger partial charge in [0, 0.05) is 83.6 Å². The van der Waals surface area contributed by atoms with E-state index >= 15 is 0 Å². The highest BCUT2D eigenvalue weighted by molar-refractivity contribution is 5.95. The molecule has 0 atom stereocenters. The zero-order valence-electron chi connectivity index (χ0n) is 29.2. The Labute approximate surface area is 286 Å². The van der Waals surface area contributed by atoms with Crippen LogP contribution in [0.15, 0.2) is 78.9 Å². The van der Waals surface area contributed by atoms with Crippen molar-refractivity contribution in [3.63, 3.8) is 0 Å². The quantitative estimate of drug-likeness (QED) is 0.167. The summed E-state index contributed by atoms with van der Waals surface area (Å²) < 4.78 is 5.77. The van der Waals surface area contributed by atoms with E-state index in [-0.39, 0.29) is 17.9 Å². The number of hydrogen-bond donors (Lipinski definition) is 1. The first-order valence-corrected chi connectivity index (χ1v) is 17.4. The third-order valence-corrected chi connectivity index (χ3v) is 9.06. The van der Waals surface area contributed by atoms with Crippen molar-refractivity contribution in [1.29, 1.82) is 0 Å². The maximum absolute atomic E-state index is 12.8. The number of anilines is 2. The van der Waals surface area contributed by atoms with E-state index in [0.29, 0.717) is 18.5 Å². The zero-order valence-corrected chi connectivity index (χ0v) is 29.2. The highest BCUT2D eigenvalue weighted by Crippen LogP contribution is 2.28. The molecule has 3 amide bonds. The fraction of sp³-hybridized carbons (Fsp3) is 0.462. The van der Waals surface area contributed by atoms with Crippen LogP contribution in [0.5, 0.6) is 0 Å². The third-order valence-electron chi connectivity index (χ3n) is 9.06. The number of carbonyl (C=O) groups excluding carboxylic acids is 3. The molecule has 0 radical (unpaired) electrons. The van der Waals surface area contributed by atoms with Crippen LogP contribution in [-0.4, -0.2) is 99.1 Å². The number of piperidine rings is 1. The van der Waals surface area contributed by atoms with Gasteiger partial charge in [0.15, 0.2) is 0 Å². The molecule has 0 spiro atoms. The number of hydrogen-bond acceptors (Lipinski definition) is 6. The molecule has 48 heavy (non-hydrogen) atoms. The molecule has 1 heterocycles. The van der Waals surface area contributed by atoms with E-state index in [4.69, 9.17) is 4.74 Å². The maximum atomic E-state index is 12.8. The van der Waals surface area contributed by atoms with Crippen LogP contribution < -0.4 is 10.2 Å². The average molecular weight is 656 g/mol. The van der Waals surface area contributed by atoms with Crippen molar-refractivity contribution in [3.8, 4) is 11.1 Å². The topological polar surface area (TPSA) is 85.4 Å². The van der Waals surface area contributed by atoms with E-state index in [9.17, 15) is 14.4 Å². The molecular weight excluding hydrogens is 602 g/mol. The molecule has 1 saturated heterocycles. The number of amides is 3. The Bertz CT molecular complexity index is 1460. The Morgan fingerprint density at radius 2 is 1.54 bits per heavy atom. The zero-order chi connectivity index (χ0) is 34.3. The molecule has 3 aromatic carbocycles. The molecule has 1 fully saturated rings. The average Bonchev–Trinajstić information content (AvgIpc) is 3.11. The molecule has 4 rings (SSSR count). The molecule has 3 aromatic rings. The number of likely N-dealkylation sites (N-methyl/N-ethyl adjacent to an activating group) is 1. The van der Waals surface area contributed by atoms with Crippen molar-refractivity contribution in [2.45, 2.75) is 58.0 Å². The normalized spacial score (nSPS) is 13.5. The van der Waals surface area contributed by atoms with Gasteiger partial charge >= 0.3 is 6.09 Å². The van der Waals surface area contributed by atoms with Crippen molar-refractivity contribution in [2.75, 3.05) is 70.6 Å². The molecular formula is C39H53N5O4. The van der Waals surface area contributed by atoms with Crippen molar-refractivity contribution in [2.24, 2.45) is 0 Å². The number of benzene rings is 3. The van der Waals surface area contributed by atoms with E-state index in [1.807, 2.05) is 105 Å². The van der Waals surface area contributed by atoms with Gasteiger partial charge in [-0.2, -0.15) is 0 Å². The van der Waals surface area contributed by atoms with Gasteiger partial charge in [0.25, 0.3) is 5.91 Å². The Morgan fingerprint density at radius 3 is 2.29 bits per heavy atom. The highest BCUT2D eigenvalue weighted by Gasteiger charge is 2.23. The number of rotatable bonds is 16. The fourth-order valence-corrected chi connectivity index (χ4v) is 6.07. The molecule has 1 N–H and O–H groups in total. The lowest BCUT2D eigenvalue weighted by Gasteiger charge is -2.32. The highest BCUT2D eigenvalue weighted by atomic mass is 16.6. The molecule has 9 nitrogen and oxygen atoms in total. The molecule has 1 aliphatic heterocycles. The van der Waals surface area contributed by atoms with Crippen LogP contribution in [0.3, 0.4) is 0 Å². The van der Waals surface area contributed by atoms with E-state index in [2.05, 4.69) is 22.0 Å². The first kappa shape index (κ1) is 36.5. The van der Waals surface area contributed by atoms with Crippen LogP contribution >= 0.6 is 0 Å². The van der Waals surface area contributed by atoms with Crippen LogP contribution in [0.4, 0.5) is 16.2 Å². The Morgan fingerprint density at radius 1 is 0.812 bits per heavy atom. The lowest BCUT2D eigenvalue weighted by atomic mass is 10.0. The lowest BCUT2D eigenvalue weighted by Crippen LogP contribution is -2.42. The molecule has 0 bridgehead atoms. The summed E-state index contributed by atoms with van der Waals surface area (Å²) in [5.41, 5.74) is 4.48. The summed E-state index contributed by atoms with van der Waals surface area (Å²) in [6.45, 7) is 6.85. The van der Waals surface area contributed by atoms with Crippen LogP contribution in [0.2, 0.25) is 0 Å². The van der Waals surface area contributed by atoms with Crippen LogP contribution in [0.25, 0.3) is 11.1 Å². The van der Waals surface area contributed by atoms with Gasteiger partial charge in [-0.05, 0) is 61.9 Å². The van der Waals surface area contributed by atoms with Gasteiger partial charge in [-0.1, -0.05) is 67.9 Å². The second-order valence-corrected chi connectivity index (χ2v) is 12.8. The van der Waals surface area contributed by atoms with Crippen molar-refractivity contribution >= 4 is 29.3 Å². The number of nitrogens with zero attached hydrogens (tertiary/aromatic N) is 4. The number of ether oxygens (including phenoxy) is 1. The smallest absolute Gasteiger partial charge is 0.411 e. The third kappa shape index (κ3) is 11.1. The van der Waals surface area contributed by atoms with Gasteiger partial charge in [-0.3, -0.25) is 14.9 Å². The minimum Gasteiger partial charge on any atom is -0.446 e. The summed E-state index contributed by atoms with van der Waals surface area (Å²) in [6.07, 6.45) is 5.30. The van der Waals surface area contributed by atoms with E-state index < -0.39 is 6.09 Å². The standard InChI is InChI=1S/C39H53N5O4/c1-5-24-43(4)38(46)32-17-14-18-33(30-32)41(2)25-13-7-10-21-37(45)42(3)28-29-44-26-22-34(23-27-44)48-39(47)40-36-20-12-11-19-35(36)31-15-8-6-9-16-31/h6,8-9,11-12,14-20,30,34H,5,7,10,13,21-29H2,1-4H3,(H,40,47). The summed E-state index contributed by atoms with van der Waals surface area (Å²) in [6, 6.07) is 25.5. The van der Waals surface area contributed by atoms with E-state index in [0.717, 1.165) is 93.8 Å². The minimum atomic E-state index is -0.426. The summed E-state index contributed by atoms with van der Waals surface area (Å²) >= 11 is 0. The van der Waals surface area contributed by atoms with E-state index in [1.165, 1.54) is 0 Å². The molecule has 0 aromatic heterocycles. The molecule has 0 saturated carbocycles. The number of para-hydroxylation sites is 1. The predicted octanol–water partition coefficient (Wildman–Crippen LogP) is 7.00. The van der Waals surface area contributed by atoms with Gasteiger partial charge in [-0.15, -0.1) is 0 Å². The minimum absolute atomic E-state index is 0.0507. The second kappa shape index (κ2) is 18.8. The SMILES string of the molecule is CCCN(C)C(=O)c1cccc(N(C)CCCCCC(=O)N(C)CCN2CCC(OC(=O)Nc3ccccc3-c3ccccc3)CC2)c1.